The maximum Gasteiger partial charge on any atom is 0.308 e. The van der Waals surface area contributed by atoms with Gasteiger partial charge in [0, 0.05) is 42.7 Å². The third-order valence-corrected chi connectivity index (χ3v) is 5.12. The van der Waals surface area contributed by atoms with Crippen molar-refractivity contribution in [3.8, 4) is 5.75 Å². The van der Waals surface area contributed by atoms with Crippen LogP contribution in [-0.2, 0) is 4.79 Å². The van der Waals surface area contributed by atoms with Crippen LogP contribution in [0.4, 0.5) is 0 Å². The monoisotopic (exact) mass is 414 g/mol. The molecule has 152 valence electrons. The molecule has 0 aromatic heterocycles. The number of nitrogens with zero attached hydrogens (tertiary/aromatic N) is 1. The lowest BCUT2D eigenvalue weighted by Gasteiger charge is -2.32. The first-order valence-corrected chi connectivity index (χ1v) is 9.91. The van der Waals surface area contributed by atoms with E-state index in [1.807, 2.05) is 0 Å². The van der Waals surface area contributed by atoms with Crippen molar-refractivity contribution in [3.05, 3.63) is 64.7 Å². The van der Waals surface area contributed by atoms with Crippen LogP contribution in [0, 0.1) is 5.92 Å². The molecule has 1 fully saturated rings. The summed E-state index contributed by atoms with van der Waals surface area (Å²) in [5.74, 6) is 0.0282. The Morgan fingerprint density at radius 2 is 1.76 bits per heavy atom. The summed E-state index contributed by atoms with van der Waals surface area (Å²) in [6.45, 7) is 3.13. The van der Waals surface area contributed by atoms with Crippen molar-refractivity contribution in [2.45, 2.75) is 19.8 Å². The largest absolute Gasteiger partial charge is 0.427 e. The molecule has 3 rings (SSSR count). The van der Waals surface area contributed by atoms with Crippen molar-refractivity contribution in [2.24, 2.45) is 5.92 Å². The number of rotatable bonds is 5. The van der Waals surface area contributed by atoms with Crippen molar-refractivity contribution in [1.29, 1.82) is 0 Å². The molecule has 29 heavy (non-hydrogen) atoms. The number of carbonyl (C=O) groups is 3. The lowest BCUT2D eigenvalue weighted by molar-refractivity contribution is -0.131. The molecular formula is C22H23ClN2O4. The zero-order chi connectivity index (χ0) is 20.8. The summed E-state index contributed by atoms with van der Waals surface area (Å²) in [6, 6.07) is 13.5. The van der Waals surface area contributed by atoms with Gasteiger partial charge in [0.25, 0.3) is 11.8 Å². The molecule has 7 heteroatoms. The van der Waals surface area contributed by atoms with Crippen molar-refractivity contribution < 1.29 is 19.1 Å². The van der Waals surface area contributed by atoms with Gasteiger partial charge in [-0.05, 0) is 55.2 Å². The molecule has 0 radical (unpaired) electrons. The Hall–Kier alpha value is -2.86. The molecule has 0 saturated carbocycles. The Morgan fingerprint density at radius 1 is 1.07 bits per heavy atom. The predicted octanol–water partition coefficient (Wildman–Crippen LogP) is 3.55. The quantitative estimate of drug-likeness (QED) is 0.599. The second-order valence-corrected chi connectivity index (χ2v) is 7.51. The Morgan fingerprint density at radius 3 is 2.45 bits per heavy atom. The van der Waals surface area contributed by atoms with Crippen LogP contribution in [-0.4, -0.2) is 42.3 Å². The highest BCUT2D eigenvalue weighted by Crippen LogP contribution is 2.21. The minimum absolute atomic E-state index is 0.0829. The van der Waals surface area contributed by atoms with Crippen LogP contribution in [0.3, 0.4) is 0 Å². The van der Waals surface area contributed by atoms with Crippen molar-refractivity contribution in [2.75, 3.05) is 19.6 Å². The molecule has 0 aliphatic carbocycles. The number of hydrogen-bond donors (Lipinski definition) is 1. The van der Waals surface area contributed by atoms with Crippen LogP contribution >= 0.6 is 11.6 Å². The van der Waals surface area contributed by atoms with Gasteiger partial charge in [-0.2, -0.15) is 0 Å². The van der Waals surface area contributed by atoms with Gasteiger partial charge < -0.3 is 15.0 Å². The van der Waals surface area contributed by atoms with E-state index in [-0.39, 0.29) is 11.8 Å². The molecule has 6 nitrogen and oxygen atoms in total. The van der Waals surface area contributed by atoms with Crippen molar-refractivity contribution in [3.63, 3.8) is 0 Å². The van der Waals surface area contributed by atoms with Crippen LogP contribution in [0.2, 0.25) is 5.02 Å². The van der Waals surface area contributed by atoms with Crippen LogP contribution in [0.1, 0.15) is 40.5 Å². The molecule has 1 aliphatic heterocycles. The molecule has 1 N–H and O–H groups in total. The van der Waals surface area contributed by atoms with E-state index >= 15 is 0 Å². The third kappa shape index (κ3) is 5.81. The smallest absolute Gasteiger partial charge is 0.308 e. The Bertz CT molecular complexity index is 907. The van der Waals surface area contributed by atoms with E-state index in [1.165, 1.54) is 6.92 Å². The van der Waals surface area contributed by atoms with E-state index in [0.29, 0.717) is 47.5 Å². The summed E-state index contributed by atoms with van der Waals surface area (Å²) in [5, 5.41) is 3.48. The van der Waals surface area contributed by atoms with Crippen LogP contribution in [0.25, 0.3) is 0 Å². The molecule has 0 spiro atoms. The maximum absolute atomic E-state index is 12.7. The summed E-state index contributed by atoms with van der Waals surface area (Å²) < 4.78 is 5.05. The Kier molecular flexibility index (Phi) is 6.88. The first-order valence-electron chi connectivity index (χ1n) is 9.54. The Balaban J connectivity index is 1.49. The molecule has 0 bridgehead atoms. The predicted molar refractivity (Wildman–Crippen MR) is 110 cm³/mol. The minimum atomic E-state index is -0.421. The molecule has 2 aromatic rings. The highest BCUT2D eigenvalue weighted by atomic mass is 35.5. The van der Waals surface area contributed by atoms with Gasteiger partial charge in [-0.3, -0.25) is 14.4 Å². The summed E-state index contributed by atoms with van der Waals surface area (Å²) in [6.07, 6.45) is 1.62. The standard InChI is InChI=1S/C22H23ClN2O4/c1-15(26)29-20-7-3-5-18(13-20)22(28)25-10-8-16(9-11-25)14-24-21(27)17-4-2-6-19(23)12-17/h2-7,12-13,16H,8-11,14H2,1H3,(H,24,27). The lowest BCUT2D eigenvalue weighted by atomic mass is 9.96. The van der Waals surface area contributed by atoms with Crippen molar-refractivity contribution >= 4 is 29.4 Å². The number of carbonyl (C=O) groups excluding carboxylic acids is 3. The van der Waals surface area contributed by atoms with Gasteiger partial charge in [0.15, 0.2) is 0 Å². The highest BCUT2D eigenvalue weighted by Gasteiger charge is 2.24. The van der Waals surface area contributed by atoms with E-state index < -0.39 is 5.97 Å². The Labute approximate surface area is 174 Å². The zero-order valence-electron chi connectivity index (χ0n) is 16.2. The number of benzene rings is 2. The molecule has 2 amide bonds. The fourth-order valence-corrected chi connectivity index (χ4v) is 3.54. The van der Waals surface area contributed by atoms with Crippen LogP contribution < -0.4 is 10.1 Å². The van der Waals surface area contributed by atoms with Crippen LogP contribution in [0.5, 0.6) is 5.75 Å². The second kappa shape index (κ2) is 9.56. The fraction of sp³-hybridized carbons (Fsp3) is 0.318. The van der Waals surface area contributed by atoms with Crippen LogP contribution in [0.15, 0.2) is 48.5 Å². The summed E-state index contributed by atoms with van der Waals surface area (Å²) in [4.78, 5) is 37.9. The highest BCUT2D eigenvalue weighted by molar-refractivity contribution is 6.30. The SMILES string of the molecule is CC(=O)Oc1cccc(C(=O)N2CCC(CNC(=O)c3cccc(Cl)c3)CC2)c1. The van der Waals surface area contributed by atoms with E-state index in [2.05, 4.69) is 5.32 Å². The molecular weight excluding hydrogens is 392 g/mol. The summed E-state index contributed by atoms with van der Waals surface area (Å²) >= 11 is 5.93. The summed E-state index contributed by atoms with van der Waals surface area (Å²) in [7, 11) is 0. The topological polar surface area (TPSA) is 75.7 Å². The normalized spacial score (nSPS) is 14.3. The average molecular weight is 415 g/mol. The van der Waals surface area contributed by atoms with E-state index in [1.54, 1.807) is 53.4 Å². The number of esters is 1. The van der Waals surface area contributed by atoms with E-state index in [0.717, 1.165) is 12.8 Å². The number of nitrogens with one attached hydrogen (secondary N) is 1. The molecule has 1 saturated heterocycles. The third-order valence-electron chi connectivity index (χ3n) is 4.88. The number of amides is 2. The molecule has 1 aliphatic rings. The van der Waals surface area contributed by atoms with Gasteiger partial charge in [-0.25, -0.2) is 0 Å². The van der Waals surface area contributed by atoms with E-state index in [9.17, 15) is 14.4 Å². The van der Waals surface area contributed by atoms with Gasteiger partial charge in [-0.15, -0.1) is 0 Å². The van der Waals surface area contributed by atoms with Gasteiger partial charge in [0.1, 0.15) is 5.75 Å². The summed E-state index contributed by atoms with van der Waals surface area (Å²) in [5.41, 5.74) is 1.04. The molecule has 0 unspecified atom stereocenters. The number of likely N-dealkylation sites (tertiary alicyclic amines) is 1. The maximum atomic E-state index is 12.7. The molecule has 0 atom stereocenters. The average Bonchev–Trinajstić information content (AvgIpc) is 2.71. The number of hydrogen-bond acceptors (Lipinski definition) is 4. The van der Waals surface area contributed by atoms with Crippen molar-refractivity contribution in [1.82, 2.24) is 10.2 Å². The molecule has 1 heterocycles. The van der Waals surface area contributed by atoms with Gasteiger partial charge in [0.05, 0.1) is 0 Å². The zero-order valence-corrected chi connectivity index (χ0v) is 16.9. The number of halogens is 1. The van der Waals surface area contributed by atoms with E-state index in [4.69, 9.17) is 16.3 Å². The fourth-order valence-electron chi connectivity index (χ4n) is 3.35. The first-order chi connectivity index (χ1) is 13.9. The molecule has 2 aromatic carbocycles. The van der Waals surface area contributed by atoms with Gasteiger partial charge in [-0.1, -0.05) is 23.7 Å². The number of piperidine rings is 1. The lowest BCUT2D eigenvalue weighted by Crippen LogP contribution is -2.41. The number of ether oxygens (including phenoxy) is 1. The van der Waals surface area contributed by atoms with Gasteiger partial charge >= 0.3 is 5.97 Å². The first kappa shape index (κ1) is 20.9. The second-order valence-electron chi connectivity index (χ2n) is 7.08. The van der Waals surface area contributed by atoms with Gasteiger partial charge in [0.2, 0.25) is 0 Å². The minimum Gasteiger partial charge on any atom is -0.427 e.